The molecule has 0 aromatic carbocycles. The van der Waals surface area contributed by atoms with Crippen LogP contribution in [0.15, 0.2) is 0 Å². The smallest absolute Gasteiger partial charge is 0.236 e. The molecule has 2 aliphatic rings. The maximum Gasteiger partial charge on any atom is 0.236 e. The Labute approximate surface area is 123 Å². The summed E-state index contributed by atoms with van der Waals surface area (Å²) < 4.78 is 0. The van der Waals surface area contributed by atoms with Gasteiger partial charge in [0.05, 0.1) is 6.54 Å². The Morgan fingerprint density at radius 3 is 2.65 bits per heavy atom. The molecule has 2 rings (SSSR count). The minimum absolute atomic E-state index is 0.341. The van der Waals surface area contributed by atoms with Gasteiger partial charge >= 0.3 is 0 Å². The molecule has 0 aromatic heterocycles. The number of hydrogen-bond donors (Lipinski definition) is 1. The van der Waals surface area contributed by atoms with Crippen molar-refractivity contribution in [2.75, 3.05) is 39.3 Å². The summed E-state index contributed by atoms with van der Waals surface area (Å²) in [5.41, 5.74) is 0. The zero-order valence-electron chi connectivity index (χ0n) is 13.2. The maximum absolute atomic E-state index is 12.5. The van der Waals surface area contributed by atoms with E-state index in [0.717, 1.165) is 38.6 Å². The van der Waals surface area contributed by atoms with Gasteiger partial charge in [-0.1, -0.05) is 6.92 Å². The van der Waals surface area contributed by atoms with Gasteiger partial charge in [-0.3, -0.25) is 9.69 Å². The minimum Gasteiger partial charge on any atom is -0.339 e. The molecule has 2 fully saturated rings. The van der Waals surface area contributed by atoms with E-state index in [1.807, 2.05) is 0 Å². The van der Waals surface area contributed by atoms with Gasteiger partial charge in [-0.25, -0.2) is 0 Å². The fourth-order valence-electron chi connectivity index (χ4n) is 3.49. The molecule has 20 heavy (non-hydrogen) atoms. The lowest BCUT2D eigenvalue weighted by Crippen LogP contribution is -2.48. The zero-order valence-corrected chi connectivity index (χ0v) is 13.2. The van der Waals surface area contributed by atoms with Crippen LogP contribution < -0.4 is 5.32 Å². The predicted octanol–water partition coefficient (Wildman–Crippen LogP) is 1.71. The Bertz CT molecular complexity index is 302. The fourth-order valence-corrected chi connectivity index (χ4v) is 3.49. The van der Waals surface area contributed by atoms with Crippen LogP contribution in [0.5, 0.6) is 0 Å². The molecule has 0 spiro atoms. The summed E-state index contributed by atoms with van der Waals surface area (Å²) in [6.07, 6.45) is 6.13. The zero-order chi connectivity index (χ0) is 14.4. The van der Waals surface area contributed by atoms with Gasteiger partial charge in [0, 0.05) is 19.1 Å². The quantitative estimate of drug-likeness (QED) is 0.833. The second-order valence-corrected chi connectivity index (χ2v) is 6.45. The van der Waals surface area contributed by atoms with Gasteiger partial charge in [0.2, 0.25) is 5.91 Å². The van der Waals surface area contributed by atoms with Crippen LogP contribution in [0.3, 0.4) is 0 Å². The van der Waals surface area contributed by atoms with Crippen LogP contribution in [0.2, 0.25) is 0 Å². The third kappa shape index (κ3) is 4.45. The molecule has 1 atom stereocenters. The second-order valence-electron chi connectivity index (χ2n) is 6.45. The normalized spacial score (nSPS) is 25.1. The lowest BCUT2D eigenvalue weighted by atomic mass is 9.97. The third-order valence-corrected chi connectivity index (χ3v) is 4.90. The average Bonchev–Trinajstić information content (AvgIpc) is 2.48. The standard InChI is InChI=1S/C16H31N3O/c1-3-18(12-15-7-9-17-10-8-15)13-16(20)19-11-5-4-6-14(19)2/h14-15,17H,3-13H2,1-2H3. The molecule has 2 saturated heterocycles. The second kappa shape index (κ2) is 7.99. The van der Waals surface area contributed by atoms with Gasteiger partial charge in [-0.05, 0) is 64.6 Å². The van der Waals surface area contributed by atoms with Crippen LogP contribution in [0.1, 0.15) is 46.0 Å². The maximum atomic E-state index is 12.5. The Morgan fingerprint density at radius 1 is 1.25 bits per heavy atom. The summed E-state index contributed by atoms with van der Waals surface area (Å²) in [4.78, 5) is 16.9. The van der Waals surface area contributed by atoms with Gasteiger partial charge in [-0.15, -0.1) is 0 Å². The number of carbonyl (C=O) groups is 1. The van der Waals surface area contributed by atoms with Crippen LogP contribution >= 0.6 is 0 Å². The van der Waals surface area contributed by atoms with E-state index in [1.165, 1.54) is 32.1 Å². The van der Waals surface area contributed by atoms with E-state index in [4.69, 9.17) is 0 Å². The van der Waals surface area contributed by atoms with Crippen molar-refractivity contribution in [3.63, 3.8) is 0 Å². The number of nitrogens with zero attached hydrogens (tertiary/aromatic N) is 2. The topological polar surface area (TPSA) is 35.6 Å². The predicted molar refractivity (Wildman–Crippen MR) is 82.7 cm³/mol. The van der Waals surface area contributed by atoms with E-state index in [0.29, 0.717) is 18.5 Å². The first-order chi connectivity index (χ1) is 9.70. The van der Waals surface area contributed by atoms with Crippen molar-refractivity contribution in [2.45, 2.75) is 52.0 Å². The van der Waals surface area contributed by atoms with Crippen molar-refractivity contribution in [1.29, 1.82) is 0 Å². The number of nitrogens with one attached hydrogen (secondary N) is 1. The molecule has 1 amide bonds. The number of hydrogen-bond acceptors (Lipinski definition) is 3. The Hall–Kier alpha value is -0.610. The molecule has 1 N–H and O–H groups in total. The van der Waals surface area contributed by atoms with E-state index in [-0.39, 0.29) is 0 Å². The van der Waals surface area contributed by atoms with Crippen LogP contribution in [0, 0.1) is 5.92 Å². The summed E-state index contributed by atoms with van der Waals surface area (Å²) in [6, 6.07) is 0.439. The van der Waals surface area contributed by atoms with Crippen molar-refractivity contribution < 1.29 is 4.79 Å². The SMILES string of the molecule is CCN(CC(=O)N1CCCCC1C)CC1CCNCC1. The largest absolute Gasteiger partial charge is 0.339 e. The number of amides is 1. The van der Waals surface area contributed by atoms with E-state index in [2.05, 4.69) is 29.0 Å². The van der Waals surface area contributed by atoms with Gasteiger partial charge in [0.25, 0.3) is 0 Å². The lowest BCUT2D eigenvalue weighted by Gasteiger charge is -2.36. The summed E-state index contributed by atoms with van der Waals surface area (Å²) >= 11 is 0. The molecular formula is C16H31N3O. The molecule has 2 aliphatic heterocycles. The highest BCUT2D eigenvalue weighted by Gasteiger charge is 2.25. The average molecular weight is 281 g/mol. The first-order valence-corrected chi connectivity index (χ1v) is 8.43. The van der Waals surface area contributed by atoms with E-state index in [9.17, 15) is 4.79 Å². The molecule has 0 aliphatic carbocycles. The van der Waals surface area contributed by atoms with Crippen LogP contribution in [0.4, 0.5) is 0 Å². The summed E-state index contributed by atoms with van der Waals surface area (Å²) in [5, 5.41) is 3.41. The molecule has 116 valence electrons. The molecule has 0 saturated carbocycles. The van der Waals surface area contributed by atoms with Crippen LogP contribution in [-0.4, -0.2) is 61.0 Å². The Balaban J connectivity index is 1.80. The number of likely N-dealkylation sites (tertiary alicyclic amines) is 1. The van der Waals surface area contributed by atoms with Crippen molar-refractivity contribution in [1.82, 2.24) is 15.1 Å². The van der Waals surface area contributed by atoms with E-state index < -0.39 is 0 Å². The van der Waals surface area contributed by atoms with Gasteiger partial charge in [0.1, 0.15) is 0 Å². The minimum atomic E-state index is 0.341. The monoisotopic (exact) mass is 281 g/mol. The Kier molecular flexibility index (Phi) is 6.30. The van der Waals surface area contributed by atoms with Crippen molar-refractivity contribution >= 4 is 5.91 Å². The Morgan fingerprint density at radius 2 is 2.00 bits per heavy atom. The molecule has 0 radical (unpaired) electrons. The highest BCUT2D eigenvalue weighted by Crippen LogP contribution is 2.18. The van der Waals surface area contributed by atoms with Crippen molar-refractivity contribution in [3.8, 4) is 0 Å². The van der Waals surface area contributed by atoms with E-state index in [1.54, 1.807) is 0 Å². The molecule has 0 bridgehead atoms. The van der Waals surface area contributed by atoms with Gasteiger partial charge < -0.3 is 10.2 Å². The number of carbonyl (C=O) groups excluding carboxylic acids is 1. The molecule has 0 aromatic rings. The van der Waals surface area contributed by atoms with Crippen molar-refractivity contribution in [3.05, 3.63) is 0 Å². The first-order valence-electron chi connectivity index (χ1n) is 8.43. The number of likely N-dealkylation sites (N-methyl/N-ethyl adjacent to an activating group) is 1. The van der Waals surface area contributed by atoms with Crippen molar-refractivity contribution in [2.24, 2.45) is 5.92 Å². The highest BCUT2D eigenvalue weighted by molar-refractivity contribution is 5.78. The third-order valence-electron chi connectivity index (χ3n) is 4.90. The lowest BCUT2D eigenvalue weighted by molar-refractivity contribution is -0.135. The molecule has 4 heteroatoms. The molecule has 1 unspecified atom stereocenters. The summed E-state index contributed by atoms with van der Waals surface area (Å²) in [6.45, 7) is 10.3. The van der Waals surface area contributed by atoms with Gasteiger partial charge in [0.15, 0.2) is 0 Å². The first kappa shape index (κ1) is 15.8. The molecule has 4 nitrogen and oxygen atoms in total. The number of rotatable bonds is 5. The summed E-state index contributed by atoms with van der Waals surface area (Å²) in [5.74, 6) is 1.11. The fraction of sp³-hybridized carbons (Fsp3) is 0.938. The van der Waals surface area contributed by atoms with Crippen LogP contribution in [-0.2, 0) is 4.79 Å². The van der Waals surface area contributed by atoms with Crippen LogP contribution in [0.25, 0.3) is 0 Å². The molecule has 2 heterocycles. The van der Waals surface area contributed by atoms with Gasteiger partial charge in [-0.2, -0.15) is 0 Å². The summed E-state index contributed by atoms with van der Waals surface area (Å²) in [7, 11) is 0. The van der Waals surface area contributed by atoms with E-state index >= 15 is 0 Å². The molecular weight excluding hydrogens is 250 g/mol. The number of piperidine rings is 2. The highest BCUT2D eigenvalue weighted by atomic mass is 16.2.